The van der Waals surface area contributed by atoms with Crippen LogP contribution < -0.4 is 10.5 Å². The number of methoxy groups -OCH3 is 1. The SMILES string of the molecule is COc1ccc(-c2cc(-c3ccc(Br)cc3)nc3nc(=S)n(-c4ccccc4C)c(N)c23)cc1. The fraction of sp³-hybridized carbons (Fsp3) is 0.0741. The highest BCUT2D eigenvalue weighted by Crippen LogP contribution is 2.36. The molecule has 0 saturated carbocycles. The van der Waals surface area contributed by atoms with Gasteiger partial charge in [-0.25, -0.2) is 4.98 Å². The molecule has 0 aliphatic rings. The van der Waals surface area contributed by atoms with Crippen molar-refractivity contribution in [3.8, 4) is 33.8 Å². The minimum atomic E-state index is 0.362. The standard InChI is InChI=1S/C27H21BrN4OS/c1-16-5-3-4-6-23(16)32-25(29)24-21(17-9-13-20(33-2)14-10-17)15-22(30-26(24)31-27(32)34)18-7-11-19(28)12-8-18/h3-15H,29H2,1-2H3. The van der Waals surface area contributed by atoms with Crippen LogP contribution in [-0.4, -0.2) is 21.6 Å². The third-order valence-corrected chi connectivity index (χ3v) is 6.59. The largest absolute Gasteiger partial charge is 0.497 e. The van der Waals surface area contributed by atoms with E-state index in [0.717, 1.165) is 49.2 Å². The number of aromatic nitrogens is 3. The molecule has 7 heteroatoms. The lowest BCUT2D eigenvalue weighted by Crippen LogP contribution is -2.10. The number of ether oxygens (including phenoxy) is 1. The van der Waals surface area contributed by atoms with Crippen molar-refractivity contribution in [1.29, 1.82) is 0 Å². The zero-order chi connectivity index (χ0) is 23.8. The summed E-state index contributed by atoms with van der Waals surface area (Å²) in [4.78, 5) is 9.59. The number of fused-ring (bicyclic) bond motifs is 1. The Morgan fingerprint density at radius 3 is 2.26 bits per heavy atom. The summed E-state index contributed by atoms with van der Waals surface area (Å²) in [5.74, 6) is 1.29. The van der Waals surface area contributed by atoms with E-state index in [9.17, 15) is 0 Å². The number of para-hydroxylation sites is 1. The first kappa shape index (κ1) is 22.3. The molecule has 0 atom stereocenters. The topological polar surface area (TPSA) is 66.0 Å². The Kier molecular flexibility index (Phi) is 5.89. The van der Waals surface area contributed by atoms with Crippen molar-refractivity contribution in [2.24, 2.45) is 0 Å². The first-order valence-electron chi connectivity index (χ1n) is 10.7. The van der Waals surface area contributed by atoms with E-state index < -0.39 is 0 Å². The highest BCUT2D eigenvalue weighted by molar-refractivity contribution is 9.10. The van der Waals surface area contributed by atoms with Gasteiger partial charge in [0.25, 0.3) is 0 Å². The van der Waals surface area contributed by atoms with Gasteiger partial charge in [-0.2, -0.15) is 4.98 Å². The highest BCUT2D eigenvalue weighted by Gasteiger charge is 2.18. The van der Waals surface area contributed by atoms with Crippen molar-refractivity contribution < 1.29 is 4.74 Å². The molecule has 0 aliphatic heterocycles. The van der Waals surface area contributed by atoms with E-state index in [-0.39, 0.29) is 0 Å². The number of rotatable bonds is 4. The van der Waals surface area contributed by atoms with Crippen LogP contribution in [0.2, 0.25) is 0 Å². The van der Waals surface area contributed by atoms with Crippen LogP contribution in [0.1, 0.15) is 5.56 Å². The molecule has 3 aromatic carbocycles. The number of nitrogens with zero attached hydrogens (tertiary/aromatic N) is 3. The van der Waals surface area contributed by atoms with Gasteiger partial charge >= 0.3 is 0 Å². The number of aryl methyl sites for hydroxylation is 1. The van der Waals surface area contributed by atoms with Crippen molar-refractivity contribution in [1.82, 2.24) is 14.5 Å². The molecule has 5 nitrogen and oxygen atoms in total. The Balaban J connectivity index is 1.85. The third-order valence-electron chi connectivity index (χ3n) is 5.79. The first-order valence-corrected chi connectivity index (χ1v) is 11.9. The van der Waals surface area contributed by atoms with Crippen LogP contribution >= 0.6 is 28.1 Å². The molecule has 2 aromatic heterocycles. The van der Waals surface area contributed by atoms with Crippen LogP contribution in [0.3, 0.4) is 0 Å². The second-order valence-corrected chi connectivity index (χ2v) is 9.17. The van der Waals surface area contributed by atoms with Gasteiger partial charge in [-0.15, -0.1) is 0 Å². The lowest BCUT2D eigenvalue weighted by Gasteiger charge is -2.18. The predicted molar refractivity (Wildman–Crippen MR) is 144 cm³/mol. The van der Waals surface area contributed by atoms with Gasteiger partial charge in [0.15, 0.2) is 5.65 Å². The molecule has 5 aromatic rings. The van der Waals surface area contributed by atoms with Gasteiger partial charge in [0.1, 0.15) is 11.6 Å². The molecule has 0 aliphatic carbocycles. The van der Waals surface area contributed by atoms with Crippen molar-refractivity contribution in [3.05, 3.63) is 93.7 Å². The van der Waals surface area contributed by atoms with Gasteiger partial charge in [-0.05, 0) is 72.2 Å². The van der Waals surface area contributed by atoms with Gasteiger partial charge in [-0.3, -0.25) is 4.57 Å². The monoisotopic (exact) mass is 528 g/mol. The van der Waals surface area contributed by atoms with Crippen LogP contribution in [0, 0.1) is 11.7 Å². The summed E-state index contributed by atoms with van der Waals surface area (Å²) in [6.07, 6.45) is 0. The number of nitrogens with two attached hydrogens (primary N) is 1. The molecule has 34 heavy (non-hydrogen) atoms. The maximum atomic E-state index is 6.81. The number of pyridine rings is 1. The first-order chi connectivity index (χ1) is 16.5. The number of hydrogen-bond donors (Lipinski definition) is 1. The minimum Gasteiger partial charge on any atom is -0.497 e. The maximum absolute atomic E-state index is 6.81. The van der Waals surface area contributed by atoms with Crippen molar-refractivity contribution in [2.45, 2.75) is 6.92 Å². The lowest BCUT2D eigenvalue weighted by atomic mass is 9.99. The van der Waals surface area contributed by atoms with Gasteiger partial charge in [0.05, 0.1) is 23.9 Å². The van der Waals surface area contributed by atoms with Crippen LogP contribution in [-0.2, 0) is 0 Å². The summed E-state index contributed by atoms with van der Waals surface area (Å²) >= 11 is 9.19. The van der Waals surface area contributed by atoms with Crippen molar-refractivity contribution >= 4 is 45.0 Å². The summed E-state index contributed by atoms with van der Waals surface area (Å²) in [6, 6.07) is 25.9. The number of anilines is 1. The van der Waals surface area contributed by atoms with Crippen LogP contribution in [0.4, 0.5) is 5.82 Å². The van der Waals surface area contributed by atoms with Gasteiger partial charge in [-0.1, -0.05) is 58.4 Å². The maximum Gasteiger partial charge on any atom is 0.207 e. The molecule has 0 bridgehead atoms. The molecule has 0 saturated heterocycles. The number of nitrogen functional groups attached to an aromatic ring is 1. The Bertz CT molecular complexity index is 1580. The quantitative estimate of drug-likeness (QED) is 0.251. The van der Waals surface area contributed by atoms with E-state index in [1.54, 1.807) is 7.11 Å². The van der Waals surface area contributed by atoms with Crippen molar-refractivity contribution in [2.75, 3.05) is 12.8 Å². The molecule has 0 unspecified atom stereocenters. The number of halogens is 1. The van der Waals surface area contributed by atoms with Gasteiger partial charge < -0.3 is 10.5 Å². The summed E-state index contributed by atoms with van der Waals surface area (Å²) < 4.78 is 8.54. The molecule has 0 spiro atoms. The summed E-state index contributed by atoms with van der Waals surface area (Å²) in [5.41, 5.74) is 12.9. The van der Waals surface area contributed by atoms with E-state index in [1.165, 1.54) is 0 Å². The number of benzene rings is 3. The average molecular weight is 529 g/mol. The molecule has 0 fully saturated rings. The molecule has 0 radical (unpaired) electrons. The van der Waals surface area contributed by atoms with E-state index in [4.69, 9.17) is 32.7 Å². The second-order valence-electron chi connectivity index (χ2n) is 7.89. The van der Waals surface area contributed by atoms with Crippen LogP contribution in [0.5, 0.6) is 5.75 Å². The van der Waals surface area contributed by atoms with Crippen LogP contribution in [0.15, 0.2) is 83.3 Å². The Morgan fingerprint density at radius 1 is 0.912 bits per heavy atom. The van der Waals surface area contributed by atoms with Crippen LogP contribution in [0.25, 0.3) is 39.1 Å². The fourth-order valence-electron chi connectivity index (χ4n) is 4.03. The molecule has 5 rings (SSSR count). The smallest absolute Gasteiger partial charge is 0.207 e. The molecule has 0 amide bonds. The normalized spacial score (nSPS) is 11.0. The van der Waals surface area contributed by atoms with Crippen molar-refractivity contribution in [3.63, 3.8) is 0 Å². The third kappa shape index (κ3) is 3.97. The zero-order valence-corrected chi connectivity index (χ0v) is 21.0. The molecule has 168 valence electrons. The van der Waals surface area contributed by atoms with E-state index in [2.05, 4.69) is 22.0 Å². The molecular formula is C27H21BrN4OS. The molecule has 2 N–H and O–H groups in total. The van der Waals surface area contributed by atoms with Gasteiger partial charge in [0, 0.05) is 10.0 Å². The Labute approximate surface area is 211 Å². The summed E-state index contributed by atoms with van der Waals surface area (Å²) in [6.45, 7) is 2.03. The fourth-order valence-corrected chi connectivity index (χ4v) is 4.58. The Hall–Kier alpha value is -3.55. The lowest BCUT2D eigenvalue weighted by molar-refractivity contribution is 0.415. The average Bonchev–Trinajstić information content (AvgIpc) is 2.85. The van der Waals surface area contributed by atoms with E-state index in [0.29, 0.717) is 16.2 Å². The number of hydrogen-bond acceptors (Lipinski definition) is 5. The summed E-state index contributed by atoms with van der Waals surface area (Å²) in [7, 11) is 1.65. The van der Waals surface area contributed by atoms with Gasteiger partial charge in [0.2, 0.25) is 4.77 Å². The molecular weight excluding hydrogens is 508 g/mol. The van der Waals surface area contributed by atoms with E-state index in [1.807, 2.05) is 84.3 Å². The predicted octanol–water partition coefficient (Wildman–Crippen LogP) is 7.15. The minimum absolute atomic E-state index is 0.362. The highest BCUT2D eigenvalue weighted by atomic mass is 79.9. The summed E-state index contributed by atoms with van der Waals surface area (Å²) in [5, 5.41) is 0.753. The molecule has 2 heterocycles. The zero-order valence-electron chi connectivity index (χ0n) is 18.6. The van der Waals surface area contributed by atoms with E-state index >= 15 is 0 Å². The Morgan fingerprint density at radius 2 is 1.59 bits per heavy atom. The second kappa shape index (κ2) is 9.00.